The van der Waals surface area contributed by atoms with Gasteiger partial charge in [0.1, 0.15) is 23.0 Å². The van der Waals surface area contributed by atoms with Crippen molar-refractivity contribution in [3.05, 3.63) is 105 Å². The van der Waals surface area contributed by atoms with Crippen molar-refractivity contribution in [1.82, 2.24) is 0 Å². The number of aryl methyl sites for hydroxylation is 2. The first-order valence-electron chi connectivity index (χ1n) is 16.5. The van der Waals surface area contributed by atoms with E-state index in [-0.39, 0.29) is 29.9 Å². The molecule has 0 N–H and O–H groups in total. The summed E-state index contributed by atoms with van der Waals surface area (Å²) in [6.45, 7) is 26.6. The molecule has 0 radical (unpaired) electrons. The second-order valence-corrected chi connectivity index (χ2v) is 14.6. The van der Waals surface area contributed by atoms with Crippen molar-refractivity contribution >= 4 is 18.1 Å². The molecule has 4 rings (SSSR count). The molecule has 0 aromatic heterocycles. The molecule has 0 aliphatic carbocycles. The van der Waals surface area contributed by atoms with Crippen LogP contribution in [0.5, 0.6) is 23.0 Å². The molecular weight excluding hydrogens is 606 g/mol. The van der Waals surface area contributed by atoms with Gasteiger partial charge in [-0.3, -0.25) is 0 Å². The molecule has 2 unspecified atom stereocenters. The maximum atomic E-state index is 6.78. The molecular formula is C40H52O4P2. The Bertz CT molecular complexity index is 1530. The van der Waals surface area contributed by atoms with Gasteiger partial charge in [-0.05, 0) is 108 Å². The lowest BCUT2D eigenvalue weighted by Crippen LogP contribution is -2.08. The lowest BCUT2D eigenvalue weighted by molar-refractivity contribution is 0.503. The van der Waals surface area contributed by atoms with E-state index in [9.17, 15) is 0 Å². The van der Waals surface area contributed by atoms with Crippen LogP contribution in [0.3, 0.4) is 0 Å². The Kier molecular flexibility index (Phi) is 12.2. The fourth-order valence-corrected chi connectivity index (χ4v) is 7.36. The lowest BCUT2D eigenvalue weighted by atomic mass is 9.80. The highest BCUT2D eigenvalue weighted by molar-refractivity contribution is 7.27. The van der Waals surface area contributed by atoms with Gasteiger partial charge in [0.15, 0.2) is 0 Å². The van der Waals surface area contributed by atoms with Crippen LogP contribution >= 0.6 is 18.1 Å². The summed E-state index contributed by atoms with van der Waals surface area (Å²) in [4.78, 5) is 0. The summed E-state index contributed by atoms with van der Waals surface area (Å²) < 4.78 is 26.1. The Morgan fingerprint density at radius 3 is 1.07 bits per heavy atom. The van der Waals surface area contributed by atoms with Crippen molar-refractivity contribution in [2.75, 3.05) is 0 Å². The van der Waals surface area contributed by atoms with Crippen LogP contribution in [0.15, 0.2) is 60.7 Å². The van der Waals surface area contributed by atoms with Crippen LogP contribution in [0, 0.1) is 27.7 Å². The maximum absolute atomic E-state index is 6.78. The van der Waals surface area contributed by atoms with Crippen LogP contribution < -0.4 is 18.1 Å². The molecule has 46 heavy (non-hydrogen) atoms. The summed E-state index contributed by atoms with van der Waals surface area (Å²) in [6, 6.07) is 20.8. The van der Waals surface area contributed by atoms with Gasteiger partial charge in [0.25, 0.3) is 18.1 Å². The molecule has 0 fully saturated rings. The fraction of sp³-hybridized carbons (Fsp3) is 0.400. The third-order valence-electron chi connectivity index (χ3n) is 8.73. The molecule has 4 nitrogen and oxygen atoms in total. The standard InChI is InChI=1S/C40H52O4P2/c1-23(2)31-21-33(25(5)6)39(43-45-41-35-19-15-13-17-27(35)9)37(29(31)11)38-30(12)32(24(3)4)22-34(26(7)8)40(38)44-46-42-36-20-16-14-18-28(36)10/h13-26,45-46H,1-12H3. The molecule has 0 saturated carbocycles. The number of hydrogen-bond acceptors (Lipinski definition) is 4. The minimum atomic E-state index is -0.203. The highest BCUT2D eigenvalue weighted by atomic mass is 31.1. The van der Waals surface area contributed by atoms with Gasteiger partial charge in [-0.2, -0.15) is 0 Å². The van der Waals surface area contributed by atoms with Gasteiger partial charge in [-0.1, -0.05) is 104 Å². The van der Waals surface area contributed by atoms with Crippen molar-refractivity contribution in [2.45, 2.75) is 107 Å². The topological polar surface area (TPSA) is 36.9 Å². The Morgan fingerprint density at radius 1 is 0.435 bits per heavy atom. The van der Waals surface area contributed by atoms with E-state index in [0.717, 1.165) is 45.3 Å². The molecule has 0 bridgehead atoms. The normalized spacial score (nSPS) is 12.1. The number of benzene rings is 4. The van der Waals surface area contributed by atoms with E-state index < -0.39 is 0 Å². The average Bonchev–Trinajstić information content (AvgIpc) is 2.99. The smallest absolute Gasteiger partial charge is 0.275 e. The van der Waals surface area contributed by atoms with E-state index in [1.165, 1.54) is 33.4 Å². The predicted octanol–water partition coefficient (Wildman–Crippen LogP) is 13.0. The zero-order chi connectivity index (χ0) is 33.7. The molecule has 0 heterocycles. The maximum Gasteiger partial charge on any atom is 0.275 e. The zero-order valence-electron chi connectivity index (χ0n) is 29.7. The van der Waals surface area contributed by atoms with Crippen LogP contribution in [-0.2, 0) is 0 Å². The van der Waals surface area contributed by atoms with Gasteiger partial charge in [0.2, 0.25) is 0 Å². The van der Waals surface area contributed by atoms with Gasteiger partial charge in [-0.15, -0.1) is 0 Å². The second-order valence-electron chi connectivity index (χ2n) is 13.5. The van der Waals surface area contributed by atoms with Crippen LogP contribution in [0.25, 0.3) is 11.1 Å². The van der Waals surface area contributed by atoms with Crippen LogP contribution in [0.2, 0.25) is 0 Å². The molecule has 0 saturated heterocycles. The monoisotopic (exact) mass is 658 g/mol. The van der Waals surface area contributed by atoms with Gasteiger partial charge in [0, 0.05) is 11.1 Å². The van der Waals surface area contributed by atoms with Crippen LogP contribution in [0.1, 0.15) is 124 Å². The van der Waals surface area contributed by atoms with Crippen molar-refractivity contribution in [2.24, 2.45) is 0 Å². The Balaban J connectivity index is 1.97. The third kappa shape index (κ3) is 7.90. The minimum absolute atomic E-state index is 0.203. The van der Waals surface area contributed by atoms with E-state index in [0.29, 0.717) is 11.8 Å². The quantitative estimate of drug-likeness (QED) is 0.134. The van der Waals surface area contributed by atoms with Gasteiger partial charge >= 0.3 is 0 Å². The third-order valence-corrected chi connectivity index (χ3v) is 9.91. The Hall–Kier alpha value is -3.06. The van der Waals surface area contributed by atoms with E-state index in [2.05, 4.69) is 107 Å². The van der Waals surface area contributed by atoms with Crippen LogP contribution in [-0.4, -0.2) is 0 Å². The molecule has 246 valence electrons. The van der Waals surface area contributed by atoms with Crippen LogP contribution in [0.4, 0.5) is 0 Å². The SMILES string of the molecule is Cc1ccccc1OPOc1c(C(C)C)cc(C(C)C)c(C)c1-c1c(C)c(C(C)C)cc(C(C)C)c1OPOc1ccccc1C. The van der Waals surface area contributed by atoms with E-state index in [1.54, 1.807) is 0 Å². The molecule has 0 spiro atoms. The molecule has 4 aromatic carbocycles. The van der Waals surface area contributed by atoms with E-state index in [4.69, 9.17) is 18.1 Å². The summed E-state index contributed by atoms with van der Waals surface area (Å²) in [5.41, 5.74) is 11.8. The molecule has 2 atom stereocenters. The Morgan fingerprint density at radius 2 is 0.761 bits per heavy atom. The number of hydrogen-bond donors (Lipinski definition) is 0. The summed E-state index contributed by atoms with van der Waals surface area (Å²) >= 11 is 0. The molecule has 6 heteroatoms. The first kappa shape index (κ1) is 35.8. The predicted molar refractivity (Wildman–Crippen MR) is 199 cm³/mol. The Labute approximate surface area is 281 Å². The summed E-state index contributed by atoms with van der Waals surface area (Å²) in [5.74, 6) is 4.57. The molecule has 0 amide bonds. The minimum Gasteiger partial charge on any atom is -0.440 e. The number of para-hydroxylation sites is 2. The molecule has 4 aromatic rings. The average molecular weight is 659 g/mol. The van der Waals surface area contributed by atoms with Crippen molar-refractivity contribution in [3.8, 4) is 34.1 Å². The lowest BCUT2D eigenvalue weighted by Gasteiger charge is -2.29. The summed E-state index contributed by atoms with van der Waals surface area (Å²) in [7, 11) is -0.406. The fourth-order valence-electron chi connectivity index (χ4n) is 6.04. The van der Waals surface area contributed by atoms with Crippen molar-refractivity contribution in [1.29, 1.82) is 0 Å². The zero-order valence-corrected chi connectivity index (χ0v) is 31.7. The van der Waals surface area contributed by atoms with Crippen molar-refractivity contribution < 1.29 is 18.1 Å². The largest absolute Gasteiger partial charge is 0.440 e. The van der Waals surface area contributed by atoms with E-state index in [1.807, 2.05) is 36.4 Å². The van der Waals surface area contributed by atoms with Gasteiger partial charge < -0.3 is 18.1 Å². The number of rotatable bonds is 13. The van der Waals surface area contributed by atoms with Gasteiger partial charge in [0.05, 0.1) is 0 Å². The first-order chi connectivity index (χ1) is 21.8. The van der Waals surface area contributed by atoms with Crippen molar-refractivity contribution in [3.63, 3.8) is 0 Å². The molecule has 0 aliphatic rings. The summed E-state index contributed by atoms with van der Waals surface area (Å²) in [5, 5.41) is 0. The highest BCUT2D eigenvalue weighted by Gasteiger charge is 2.29. The second kappa shape index (κ2) is 15.7. The summed E-state index contributed by atoms with van der Waals surface area (Å²) in [6.07, 6.45) is 0. The molecule has 0 aliphatic heterocycles. The highest BCUT2D eigenvalue weighted by Crippen LogP contribution is 2.52. The van der Waals surface area contributed by atoms with Gasteiger partial charge in [-0.25, -0.2) is 0 Å². The van der Waals surface area contributed by atoms with E-state index >= 15 is 0 Å². The first-order valence-corrected chi connectivity index (χ1v) is 18.1.